The highest BCUT2D eigenvalue weighted by Gasteiger charge is 2.10. The van der Waals surface area contributed by atoms with Crippen molar-refractivity contribution in [1.82, 2.24) is 14.7 Å². The number of carbonyl (C=O) groups is 2. The first kappa shape index (κ1) is 20.6. The second-order valence-electron chi connectivity index (χ2n) is 7.22. The molecular weight excluding hydrogens is 412 g/mol. The lowest BCUT2D eigenvalue weighted by Gasteiger charge is -2.10. The molecule has 2 aromatic carbocycles. The van der Waals surface area contributed by atoms with E-state index in [9.17, 15) is 9.59 Å². The Bertz CT molecular complexity index is 1170. The summed E-state index contributed by atoms with van der Waals surface area (Å²) < 4.78 is 7.54. The van der Waals surface area contributed by atoms with Gasteiger partial charge in [-0.1, -0.05) is 12.1 Å². The van der Waals surface area contributed by atoms with Gasteiger partial charge in [0.25, 0.3) is 5.91 Å². The maximum absolute atomic E-state index is 12.2. The molecule has 7 nitrogen and oxygen atoms in total. The Morgan fingerprint density at radius 2 is 1.84 bits per heavy atom. The number of hydrogen-bond donors (Lipinski definition) is 2. The Labute approximate surface area is 183 Å². The number of nitrogens with one attached hydrogen (secondary N) is 2. The van der Waals surface area contributed by atoms with Gasteiger partial charge < -0.3 is 15.4 Å². The summed E-state index contributed by atoms with van der Waals surface area (Å²) in [7, 11) is 0. The third-order valence-electron chi connectivity index (χ3n) is 4.46. The Morgan fingerprint density at radius 3 is 2.52 bits per heavy atom. The first-order valence-corrected chi connectivity index (χ1v) is 10.7. The van der Waals surface area contributed by atoms with Gasteiger partial charge in [-0.05, 0) is 50.2 Å². The minimum absolute atomic E-state index is 0.0641. The highest BCUT2D eigenvalue weighted by molar-refractivity contribution is 7.15. The molecule has 0 atom stereocenters. The van der Waals surface area contributed by atoms with E-state index in [0.29, 0.717) is 17.0 Å². The Balaban J connectivity index is 1.29. The molecule has 2 aromatic heterocycles. The zero-order valence-electron chi connectivity index (χ0n) is 17.2. The van der Waals surface area contributed by atoms with Gasteiger partial charge in [-0.2, -0.15) is 0 Å². The molecule has 158 valence electrons. The molecular formula is C23H22N4O3S. The number of rotatable bonds is 7. The van der Waals surface area contributed by atoms with Gasteiger partial charge in [0.15, 0.2) is 4.96 Å². The van der Waals surface area contributed by atoms with Crippen LogP contribution in [-0.4, -0.2) is 33.8 Å². The molecule has 4 aromatic rings. The first-order chi connectivity index (χ1) is 15.0. The molecule has 4 rings (SSSR count). The van der Waals surface area contributed by atoms with Crippen molar-refractivity contribution in [2.24, 2.45) is 0 Å². The lowest BCUT2D eigenvalue weighted by atomic mass is 10.1. The van der Waals surface area contributed by atoms with E-state index in [2.05, 4.69) is 15.6 Å². The summed E-state index contributed by atoms with van der Waals surface area (Å²) in [5, 5.41) is 7.39. The van der Waals surface area contributed by atoms with Gasteiger partial charge in [0.05, 0.1) is 18.3 Å². The van der Waals surface area contributed by atoms with E-state index in [1.807, 2.05) is 60.3 Å². The van der Waals surface area contributed by atoms with Crippen LogP contribution in [0.2, 0.25) is 0 Å². The zero-order chi connectivity index (χ0) is 21.8. The third-order valence-corrected chi connectivity index (χ3v) is 5.23. The number of nitrogens with zero attached hydrogens (tertiary/aromatic N) is 2. The van der Waals surface area contributed by atoms with Crippen molar-refractivity contribution < 1.29 is 14.3 Å². The van der Waals surface area contributed by atoms with E-state index in [4.69, 9.17) is 4.74 Å². The van der Waals surface area contributed by atoms with Crippen molar-refractivity contribution >= 4 is 33.8 Å². The SMILES string of the molecule is CC(C)Oc1ccc(C(=O)NCC(=O)Nc2ccc(-c3cn4ccsc4n3)cc2)cc1. The second-order valence-corrected chi connectivity index (χ2v) is 8.09. The molecule has 0 bridgehead atoms. The van der Waals surface area contributed by atoms with Crippen molar-refractivity contribution in [3.05, 3.63) is 71.9 Å². The number of benzene rings is 2. The fraction of sp³-hybridized carbons (Fsp3) is 0.174. The van der Waals surface area contributed by atoms with Gasteiger partial charge in [-0.25, -0.2) is 4.98 Å². The molecule has 2 N–H and O–H groups in total. The number of imidazole rings is 1. The van der Waals surface area contributed by atoms with Crippen molar-refractivity contribution in [3.8, 4) is 17.0 Å². The Hall–Kier alpha value is -3.65. The monoisotopic (exact) mass is 434 g/mol. The smallest absolute Gasteiger partial charge is 0.251 e. The second kappa shape index (κ2) is 9.01. The molecule has 0 aliphatic carbocycles. The van der Waals surface area contributed by atoms with E-state index >= 15 is 0 Å². The number of ether oxygens (including phenoxy) is 1. The maximum atomic E-state index is 12.2. The van der Waals surface area contributed by atoms with E-state index < -0.39 is 0 Å². The number of anilines is 1. The van der Waals surface area contributed by atoms with Crippen LogP contribution < -0.4 is 15.4 Å². The van der Waals surface area contributed by atoms with Crippen LogP contribution in [0.4, 0.5) is 5.69 Å². The molecule has 31 heavy (non-hydrogen) atoms. The quantitative estimate of drug-likeness (QED) is 0.456. The van der Waals surface area contributed by atoms with Crippen molar-refractivity contribution in [2.45, 2.75) is 20.0 Å². The van der Waals surface area contributed by atoms with Crippen LogP contribution in [0.25, 0.3) is 16.2 Å². The normalized spacial score (nSPS) is 10.9. The molecule has 0 saturated carbocycles. The summed E-state index contributed by atoms with van der Waals surface area (Å²) >= 11 is 1.58. The van der Waals surface area contributed by atoms with Gasteiger partial charge in [0, 0.05) is 34.6 Å². The predicted octanol–water partition coefficient (Wildman–Crippen LogP) is 4.22. The van der Waals surface area contributed by atoms with Crippen LogP contribution in [0.15, 0.2) is 66.3 Å². The van der Waals surface area contributed by atoms with Gasteiger partial charge in [-0.3, -0.25) is 14.0 Å². The standard InChI is InChI=1S/C23H22N4O3S/c1-15(2)30-19-9-5-17(6-10-19)22(29)24-13-21(28)25-18-7-3-16(4-8-18)20-14-27-11-12-31-23(27)26-20/h3-12,14-15H,13H2,1-2H3,(H,24,29)(H,25,28). The average Bonchev–Trinajstić information content (AvgIpc) is 3.35. The van der Waals surface area contributed by atoms with E-state index in [1.54, 1.807) is 35.6 Å². The molecule has 0 radical (unpaired) electrons. The number of fused-ring (bicyclic) bond motifs is 1. The lowest BCUT2D eigenvalue weighted by molar-refractivity contribution is -0.115. The van der Waals surface area contributed by atoms with Gasteiger partial charge in [0.1, 0.15) is 5.75 Å². The summed E-state index contributed by atoms with van der Waals surface area (Å²) in [6, 6.07) is 14.3. The summed E-state index contributed by atoms with van der Waals surface area (Å²) in [5.74, 6) is 0.0767. The van der Waals surface area contributed by atoms with Crippen LogP contribution in [0.1, 0.15) is 24.2 Å². The van der Waals surface area contributed by atoms with E-state index in [-0.39, 0.29) is 24.5 Å². The predicted molar refractivity (Wildman–Crippen MR) is 122 cm³/mol. The minimum Gasteiger partial charge on any atom is -0.491 e. The summed E-state index contributed by atoms with van der Waals surface area (Å²) in [6.45, 7) is 3.75. The molecule has 8 heteroatoms. The molecule has 0 aliphatic rings. The average molecular weight is 435 g/mol. The highest BCUT2D eigenvalue weighted by Crippen LogP contribution is 2.23. The number of amides is 2. The molecule has 0 saturated heterocycles. The third kappa shape index (κ3) is 5.10. The van der Waals surface area contributed by atoms with Crippen LogP contribution in [0, 0.1) is 0 Å². The van der Waals surface area contributed by atoms with Crippen molar-refractivity contribution in [3.63, 3.8) is 0 Å². The van der Waals surface area contributed by atoms with Crippen molar-refractivity contribution in [2.75, 3.05) is 11.9 Å². The van der Waals surface area contributed by atoms with Crippen LogP contribution in [-0.2, 0) is 4.79 Å². The molecule has 2 heterocycles. The number of hydrogen-bond acceptors (Lipinski definition) is 5. The topological polar surface area (TPSA) is 84.7 Å². The van der Waals surface area contributed by atoms with Gasteiger partial charge in [0.2, 0.25) is 5.91 Å². The largest absolute Gasteiger partial charge is 0.491 e. The van der Waals surface area contributed by atoms with Crippen LogP contribution in [0.5, 0.6) is 5.75 Å². The van der Waals surface area contributed by atoms with E-state index in [0.717, 1.165) is 16.2 Å². The zero-order valence-corrected chi connectivity index (χ0v) is 18.0. The first-order valence-electron chi connectivity index (χ1n) is 9.85. The fourth-order valence-corrected chi connectivity index (χ4v) is 3.72. The van der Waals surface area contributed by atoms with Crippen molar-refractivity contribution in [1.29, 1.82) is 0 Å². The summed E-state index contributed by atoms with van der Waals surface area (Å²) in [6.07, 6.45) is 4.00. The molecule has 0 unspecified atom stereocenters. The summed E-state index contributed by atoms with van der Waals surface area (Å²) in [4.78, 5) is 30.0. The summed E-state index contributed by atoms with van der Waals surface area (Å²) in [5.41, 5.74) is 2.96. The molecule has 2 amide bonds. The van der Waals surface area contributed by atoms with Gasteiger partial charge in [-0.15, -0.1) is 11.3 Å². The number of aromatic nitrogens is 2. The minimum atomic E-state index is -0.318. The van der Waals surface area contributed by atoms with Crippen LogP contribution in [0.3, 0.4) is 0 Å². The lowest BCUT2D eigenvalue weighted by Crippen LogP contribution is -2.32. The van der Waals surface area contributed by atoms with Gasteiger partial charge >= 0.3 is 0 Å². The molecule has 0 aliphatic heterocycles. The number of thiazole rings is 1. The Morgan fingerprint density at radius 1 is 1.10 bits per heavy atom. The molecule has 0 spiro atoms. The molecule has 0 fully saturated rings. The number of carbonyl (C=O) groups excluding carboxylic acids is 2. The fourth-order valence-electron chi connectivity index (χ4n) is 3.02. The van der Waals surface area contributed by atoms with E-state index in [1.165, 1.54) is 0 Å². The highest BCUT2D eigenvalue weighted by atomic mass is 32.1. The maximum Gasteiger partial charge on any atom is 0.251 e. The Kier molecular flexibility index (Phi) is 5.99. The van der Waals surface area contributed by atoms with Crippen LogP contribution >= 0.6 is 11.3 Å².